The molecule has 3 unspecified atom stereocenters. The Morgan fingerprint density at radius 2 is 1.61 bits per heavy atom. The predicted molar refractivity (Wildman–Crippen MR) is 96.3 cm³/mol. The second kappa shape index (κ2) is 13.4. The van der Waals surface area contributed by atoms with E-state index < -0.39 is 67.3 Å². The topological polar surface area (TPSA) is 240 Å². The summed E-state index contributed by atoms with van der Waals surface area (Å²) >= 11 is 0. The van der Waals surface area contributed by atoms with Crippen molar-refractivity contribution in [3.8, 4) is 0 Å². The highest BCUT2D eigenvalue weighted by molar-refractivity contribution is 5.93. The highest BCUT2D eigenvalue weighted by atomic mass is 16.4. The van der Waals surface area contributed by atoms with Crippen molar-refractivity contribution < 1.29 is 34.2 Å². The maximum Gasteiger partial charge on any atom is 0.326 e. The molecule has 160 valence electrons. The van der Waals surface area contributed by atoms with Gasteiger partial charge < -0.3 is 43.4 Å². The molecule has 4 amide bonds. The number of aliphatic carboxylic acids is 1. The van der Waals surface area contributed by atoms with Crippen LogP contribution in [0.5, 0.6) is 0 Å². The van der Waals surface area contributed by atoms with Crippen LogP contribution in [0.3, 0.4) is 0 Å². The van der Waals surface area contributed by atoms with Crippen molar-refractivity contribution in [2.75, 3.05) is 19.7 Å². The lowest BCUT2D eigenvalue weighted by Crippen LogP contribution is -2.55. The largest absolute Gasteiger partial charge is 0.480 e. The van der Waals surface area contributed by atoms with Gasteiger partial charge >= 0.3 is 5.97 Å². The first-order chi connectivity index (χ1) is 13.1. The first-order valence-corrected chi connectivity index (χ1v) is 8.57. The van der Waals surface area contributed by atoms with Crippen molar-refractivity contribution in [1.29, 1.82) is 0 Å². The number of carbonyl (C=O) groups excluding carboxylic acids is 4. The quantitative estimate of drug-likeness (QED) is 0.130. The maximum atomic E-state index is 12.0. The summed E-state index contributed by atoms with van der Waals surface area (Å²) in [5, 5.41) is 24.6. The number of unbranched alkanes of at least 4 members (excludes halogenated alkanes) is 1. The van der Waals surface area contributed by atoms with Gasteiger partial charge in [-0.25, -0.2) is 4.79 Å². The van der Waals surface area contributed by atoms with E-state index >= 15 is 0 Å². The molecule has 0 rings (SSSR count). The van der Waals surface area contributed by atoms with Gasteiger partial charge in [0.25, 0.3) is 0 Å². The van der Waals surface area contributed by atoms with Crippen LogP contribution in [0.1, 0.15) is 25.7 Å². The highest BCUT2D eigenvalue weighted by Crippen LogP contribution is 1.99. The Kier molecular flexibility index (Phi) is 12.1. The number of nitrogens with two attached hydrogens (primary N) is 3. The van der Waals surface area contributed by atoms with Gasteiger partial charge in [-0.2, -0.15) is 0 Å². The molecule has 0 aromatic rings. The molecule has 0 saturated carbocycles. The van der Waals surface area contributed by atoms with Crippen LogP contribution in [0.25, 0.3) is 0 Å². The normalized spacial score (nSPS) is 13.7. The Labute approximate surface area is 161 Å². The molecule has 0 aliphatic heterocycles. The Bertz CT molecular complexity index is 571. The summed E-state index contributed by atoms with van der Waals surface area (Å²) < 4.78 is 0. The van der Waals surface area contributed by atoms with Gasteiger partial charge in [-0.3, -0.25) is 19.2 Å². The molecule has 13 nitrogen and oxygen atoms in total. The summed E-state index contributed by atoms with van der Waals surface area (Å²) in [6.45, 7) is -0.926. The monoisotopic (exact) mass is 404 g/mol. The number of primary amides is 1. The van der Waals surface area contributed by atoms with Crippen molar-refractivity contribution in [2.45, 2.75) is 43.8 Å². The smallest absolute Gasteiger partial charge is 0.326 e. The SMILES string of the molecule is NCCCCC(N)C(=O)NC(CO)C(=O)NCC(=O)NC(CC(N)=O)C(=O)O. The standard InChI is InChI=1S/C15H28N6O7/c16-4-2-1-3-8(17)13(25)21-10(7-22)14(26)19-6-12(24)20-9(15(27)28)5-11(18)23/h8-10,22H,1-7,16-17H2,(H2,18,23)(H,19,26)(H,20,24)(H,21,25)(H,27,28). The lowest BCUT2D eigenvalue weighted by Gasteiger charge is -2.19. The molecule has 13 heteroatoms. The van der Waals surface area contributed by atoms with Gasteiger partial charge in [-0.05, 0) is 19.4 Å². The van der Waals surface area contributed by atoms with Gasteiger partial charge in [0.15, 0.2) is 0 Å². The van der Waals surface area contributed by atoms with Crippen molar-refractivity contribution >= 4 is 29.6 Å². The maximum absolute atomic E-state index is 12.0. The van der Waals surface area contributed by atoms with E-state index in [1.165, 1.54) is 0 Å². The molecule has 11 N–H and O–H groups in total. The summed E-state index contributed by atoms with van der Waals surface area (Å²) in [7, 11) is 0. The van der Waals surface area contributed by atoms with E-state index in [0.29, 0.717) is 25.8 Å². The molecule has 0 aromatic carbocycles. The van der Waals surface area contributed by atoms with E-state index in [-0.39, 0.29) is 0 Å². The number of aliphatic hydroxyl groups is 1. The summed E-state index contributed by atoms with van der Waals surface area (Å²) in [5.74, 6) is -4.82. The van der Waals surface area contributed by atoms with Gasteiger partial charge in [0.2, 0.25) is 23.6 Å². The summed E-state index contributed by atoms with van der Waals surface area (Å²) in [6, 6.07) is -3.77. The number of aliphatic hydroxyl groups excluding tert-OH is 1. The zero-order chi connectivity index (χ0) is 21.7. The number of carbonyl (C=O) groups is 5. The van der Waals surface area contributed by atoms with E-state index in [4.69, 9.17) is 22.3 Å². The molecular weight excluding hydrogens is 376 g/mol. The Hall–Kier alpha value is -2.77. The third kappa shape index (κ3) is 10.4. The second-order valence-corrected chi connectivity index (χ2v) is 5.98. The van der Waals surface area contributed by atoms with Crippen LogP contribution in [0.4, 0.5) is 0 Å². The number of nitrogens with one attached hydrogen (secondary N) is 3. The summed E-state index contributed by atoms with van der Waals surface area (Å²) in [4.78, 5) is 57.3. The molecule has 0 saturated heterocycles. The van der Waals surface area contributed by atoms with Gasteiger partial charge in [0.05, 0.1) is 25.6 Å². The van der Waals surface area contributed by atoms with E-state index in [9.17, 15) is 29.1 Å². The van der Waals surface area contributed by atoms with Crippen LogP contribution in [0, 0.1) is 0 Å². The highest BCUT2D eigenvalue weighted by Gasteiger charge is 2.25. The lowest BCUT2D eigenvalue weighted by atomic mass is 10.1. The number of carboxylic acid groups (broad SMARTS) is 1. The average molecular weight is 404 g/mol. The molecule has 0 aliphatic rings. The van der Waals surface area contributed by atoms with E-state index in [2.05, 4.69) is 10.6 Å². The lowest BCUT2D eigenvalue weighted by molar-refractivity contribution is -0.143. The average Bonchev–Trinajstić information content (AvgIpc) is 2.62. The summed E-state index contributed by atoms with van der Waals surface area (Å²) in [6.07, 6.45) is 1.04. The zero-order valence-electron chi connectivity index (χ0n) is 15.3. The molecule has 3 atom stereocenters. The van der Waals surface area contributed by atoms with Crippen molar-refractivity contribution in [3.05, 3.63) is 0 Å². The molecule has 0 bridgehead atoms. The third-order valence-electron chi connectivity index (χ3n) is 3.58. The molecule has 0 heterocycles. The fraction of sp³-hybridized carbons (Fsp3) is 0.667. The van der Waals surface area contributed by atoms with E-state index in [0.717, 1.165) is 0 Å². The fourth-order valence-corrected chi connectivity index (χ4v) is 2.05. The van der Waals surface area contributed by atoms with Crippen molar-refractivity contribution in [1.82, 2.24) is 16.0 Å². The minimum Gasteiger partial charge on any atom is -0.480 e. The van der Waals surface area contributed by atoms with Crippen LogP contribution in [0.2, 0.25) is 0 Å². The van der Waals surface area contributed by atoms with Gasteiger partial charge in [0, 0.05) is 0 Å². The molecule has 0 spiro atoms. The van der Waals surface area contributed by atoms with E-state index in [1.807, 2.05) is 5.32 Å². The number of rotatable bonds is 14. The molecular formula is C15H28N6O7. The molecule has 0 radical (unpaired) electrons. The van der Waals surface area contributed by atoms with Gasteiger partial charge in [0.1, 0.15) is 12.1 Å². The van der Waals surface area contributed by atoms with Crippen LogP contribution in [0.15, 0.2) is 0 Å². The minimum absolute atomic E-state index is 0.349. The number of carboxylic acids is 1. The Morgan fingerprint density at radius 3 is 2.11 bits per heavy atom. The number of amides is 4. The fourth-order valence-electron chi connectivity index (χ4n) is 2.05. The van der Waals surface area contributed by atoms with Crippen LogP contribution < -0.4 is 33.2 Å². The Morgan fingerprint density at radius 1 is 0.964 bits per heavy atom. The number of hydrogen-bond acceptors (Lipinski definition) is 8. The van der Waals surface area contributed by atoms with Gasteiger partial charge in [-0.15, -0.1) is 0 Å². The third-order valence-corrected chi connectivity index (χ3v) is 3.58. The Balaban J connectivity index is 4.52. The number of hydrogen-bond donors (Lipinski definition) is 8. The van der Waals surface area contributed by atoms with Crippen molar-refractivity contribution in [3.63, 3.8) is 0 Å². The predicted octanol–water partition coefficient (Wildman–Crippen LogP) is -4.52. The zero-order valence-corrected chi connectivity index (χ0v) is 15.3. The minimum atomic E-state index is -1.54. The van der Waals surface area contributed by atoms with Crippen LogP contribution in [-0.2, 0) is 24.0 Å². The first kappa shape index (κ1) is 25.2. The molecule has 0 fully saturated rings. The molecule has 0 aliphatic carbocycles. The first-order valence-electron chi connectivity index (χ1n) is 8.57. The van der Waals surface area contributed by atoms with Gasteiger partial charge in [-0.1, -0.05) is 6.42 Å². The molecule has 0 aromatic heterocycles. The van der Waals surface area contributed by atoms with E-state index in [1.54, 1.807) is 0 Å². The second-order valence-electron chi connectivity index (χ2n) is 5.98. The van der Waals surface area contributed by atoms with Crippen LogP contribution >= 0.6 is 0 Å². The van der Waals surface area contributed by atoms with Crippen molar-refractivity contribution in [2.24, 2.45) is 17.2 Å². The molecule has 28 heavy (non-hydrogen) atoms. The van der Waals surface area contributed by atoms with Crippen LogP contribution in [-0.4, -0.2) is 77.6 Å². The summed E-state index contributed by atoms with van der Waals surface area (Å²) in [5.41, 5.74) is 15.9.